The minimum atomic E-state index is -4.45. The van der Waals surface area contributed by atoms with Gasteiger partial charge in [-0.2, -0.15) is 17.5 Å². The summed E-state index contributed by atoms with van der Waals surface area (Å²) in [5.74, 6) is -0.417. The zero-order valence-corrected chi connectivity index (χ0v) is 24.3. The van der Waals surface area contributed by atoms with Gasteiger partial charge in [-0.05, 0) is 60.2 Å². The molecule has 1 amide bonds. The summed E-state index contributed by atoms with van der Waals surface area (Å²) in [6, 6.07) is 15.9. The molecule has 1 fully saturated rings. The molecule has 0 unspecified atom stereocenters. The Balaban J connectivity index is 1.50. The number of alkyl halides is 3. The van der Waals surface area contributed by atoms with Crippen molar-refractivity contribution in [3.05, 3.63) is 92.4 Å². The lowest BCUT2D eigenvalue weighted by molar-refractivity contribution is -0.137. The van der Waals surface area contributed by atoms with E-state index in [4.69, 9.17) is 23.2 Å². The van der Waals surface area contributed by atoms with Crippen LogP contribution in [-0.2, 0) is 27.5 Å². The van der Waals surface area contributed by atoms with Crippen molar-refractivity contribution >= 4 is 60.7 Å². The largest absolute Gasteiger partial charge is 0.416 e. The van der Waals surface area contributed by atoms with Crippen molar-refractivity contribution in [1.82, 2.24) is 9.21 Å². The standard InChI is InChI=1S/C26H23BrCl2F3N3O3S/c27-20-5-7-22(8-6-20)39(37,38)35(16-18-4-9-23(28)24(29)14-18)17-25(36)34-12-10-33(11-13-34)21-3-1-2-19(15-21)26(30,31)32/h1-9,14-15H,10-13,16-17H2. The maximum Gasteiger partial charge on any atom is 0.416 e. The Morgan fingerprint density at radius 3 is 2.21 bits per heavy atom. The maximum atomic E-state index is 13.5. The molecule has 0 radical (unpaired) electrons. The first-order valence-electron chi connectivity index (χ1n) is 11.7. The molecule has 13 heteroatoms. The van der Waals surface area contributed by atoms with Crippen LogP contribution in [0.4, 0.5) is 18.9 Å². The molecule has 0 aliphatic carbocycles. The molecule has 0 aromatic heterocycles. The number of halogens is 6. The van der Waals surface area contributed by atoms with Crippen molar-refractivity contribution in [2.75, 3.05) is 37.6 Å². The second-order valence-corrected chi connectivity index (χ2v) is 12.6. The summed E-state index contributed by atoms with van der Waals surface area (Å²) in [6.45, 7) is 0.522. The summed E-state index contributed by atoms with van der Waals surface area (Å²) >= 11 is 15.4. The highest BCUT2D eigenvalue weighted by molar-refractivity contribution is 9.10. The zero-order valence-electron chi connectivity index (χ0n) is 20.3. The van der Waals surface area contributed by atoms with Gasteiger partial charge in [0.2, 0.25) is 15.9 Å². The predicted octanol–water partition coefficient (Wildman–Crippen LogP) is 6.31. The highest BCUT2D eigenvalue weighted by atomic mass is 79.9. The number of nitrogens with zero attached hydrogens (tertiary/aromatic N) is 3. The molecule has 0 atom stereocenters. The van der Waals surface area contributed by atoms with Crippen molar-refractivity contribution in [2.45, 2.75) is 17.6 Å². The topological polar surface area (TPSA) is 60.9 Å². The third kappa shape index (κ3) is 7.26. The van der Waals surface area contributed by atoms with Crippen molar-refractivity contribution in [1.29, 1.82) is 0 Å². The molecule has 1 heterocycles. The second kappa shape index (κ2) is 12.1. The van der Waals surface area contributed by atoms with E-state index in [1.807, 2.05) is 0 Å². The molecule has 3 aromatic carbocycles. The second-order valence-electron chi connectivity index (χ2n) is 8.89. The van der Waals surface area contributed by atoms with E-state index < -0.39 is 34.2 Å². The number of carbonyl (C=O) groups excluding carboxylic acids is 1. The van der Waals surface area contributed by atoms with Crippen LogP contribution < -0.4 is 4.90 Å². The molecule has 6 nitrogen and oxygen atoms in total. The van der Waals surface area contributed by atoms with Crippen LogP contribution in [0.15, 0.2) is 76.1 Å². The molecule has 0 N–H and O–H groups in total. The third-order valence-corrected chi connectivity index (χ3v) is 9.35. The third-order valence-electron chi connectivity index (χ3n) is 6.28. The first-order chi connectivity index (χ1) is 18.3. The Bertz CT molecular complexity index is 1450. The Kier molecular flexibility index (Phi) is 9.17. The van der Waals surface area contributed by atoms with Gasteiger partial charge in [-0.3, -0.25) is 4.79 Å². The summed E-state index contributed by atoms with van der Waals surface area (Å²) < 4.78 is 68.2. The first-order valence-corrected chi connectivity index (χ1v) is 14.7. The smallest absolute Gasteiger partial charge is 0.368 e. The van der Waals surface area contributed by atoms with E-state index in [1.54, 1.807) is 41.3 Å². The maximum absolute atomic E-state index is 13.5. The van der Waals surface area contributed by atoms with Gasteiger partial charge in [0, 0.05) is 42.9 Å². The lowest BCUT2D eigenvalue weighted by Crippen LogP contribution is -2.51. The first kappa shape index (κ1) is 29.7. The van der Waals surface area contributed by atoms with E-state index in [0.29, 0.717) is 33.8 Å². The molecule has 0 saturated carbocycles. The van der Waals surface area contributed by atoms with E-state index in [2.05, 4.69) is 15.9 Å². The van der Waals surface area contributed by atoms with Crippen molar-refractivity contribution in [3.63, 3.8) is 0 Å². The van der Waals surface area contributed by atoms with Gasteiger partial charge in [-0.1, -0.05) is 51.3 Å². The van der Waals surface area contributed by atoms with Crippen LogP contribution in [0.25, 0.3) is 0 Å². The van der Waals surface area contributed by atoms with Gasteiger partial charge in [-0.15, -0.1) is 0 Å². The molecule has 1 saturated heterocycles. The quantitative estimate of drug-likeness (QED) is 0.297. The molecule has 208 valence electrons. The van der Waals surface area contributed by atoms with E-state index in [-0.39, 0.29) is 29.6 Å². The minimum Gasteiger partial charge on any atom is -0.368 e. The summed E-state index contributed by atoms with van der Waals surface area (Å²) in [6.07, 6.45) is -4.45. The SMILES string of the molecule is O=C(CN(Cc1ccc(Cl)c(Cl)c1)S(=O)(=O)c1ccc(Br)cc1)N1CCN(c2cccc(C(F)(F)F)c2)CC1. The number of anilines is 1. The fourth-order valence-corrected chi connectivity index (χ4v) is 6.13. The molecule has 0 bridgehead atoms. The highest BCUT2D eigenvalue weighted by Gasteiger charge is 2.32. The monoisotopic (exact) mass is 663 g/mol. The van der Waals surface area contributed by atoms with Crippen molar-refractivity contribution in [2.24, 2.45) is 0 Å². The normalized spacial score (nSPS) is 14.6. The number of hydrogen-bond acceptors (Lipinski definition) is 4. The fraction of sp³-hybridized carbons (Fsp3) is 0.269. The summed E-state index contributed by atoms with van der Waals surface area (Å²) in [5.41, 5.74) is 0.220. The average Bonchev–Trinajstić information content (AvgIpc) is 2.90. The molecule has 39 heavy (non-hydrogen) atoms. The van der Waals surface area contributed by atoms with Gasteiger partial charge in [0.05, 0.1) is 27.0 Å². The number of rotatable bonds is 7. The van der Waals surface area contributed by atoms with E-state index in [9.17, 15) is 26.4 Å². The Labute approximate surface area is 243 Å². The predicted molar refractivity (Wildman–Crippen MR) is 148 cm³/mol. The summed E-state index contributed by atoms with van der Waals surface area (Å²) in [5, 5.41) is 0.574. The number of hydrogen-bond donors (Lipinski definition) is 0. The van der Waals surface area contributed by atoms with Crippen LogP contribution in [-0.4, -0.2) is 56.3 Å². The number of amides is 1. The van der Waals surface area contributed by atoms with Crippen LogP contribution in [0.1, 0.15) is 11.1 Å². The molecule has 1 aliphatic heterocycles. The fourth-order valence-electron chi connectivity index (χ4n) is 4.17. The number of carbonyl (C=O) groups is 1. The number of benzene rings is 3. The number of piperazine rings is 1. The van der Waals surface area contributed by atoms with Crippen LogP contribution in [0.3, 0.4) is 0 Å². The van der Waals surface area contributed by atoms with Crippen LogP contribution in [0, 0.1) is 0 Å². The molecule has 3 aromatic rings. The Morgan fingerprint density at radius 1 is 0.923 bits per heavy atom. The lowest BCUT2D eigenvalue weighted by atomic mass is 10.1. The van der Waals surface area contributed by atoms with Crippen LogP contribution in [0.5, 0.6) is 0 Å². The lowest BCUT2D eigenvalue weighted by Gasteiger charge is -2.37. The summed E-state index contributed by atoms with van der Waals surface area (Å²) in [7, 11) is -4.07. The van der Waals surface area contributed by atoms with Crippen molar-refractivity contribution in [3.8, 4) is 0 Å². The van der Waals surface area contributed by atoms with Crippen LogP contribution in [0.2, 0.25) is 10.0 Å². The van der Waals surface area contributed by atoms with Gasteiger partial charge >= 0.3 is 6.18 Å². The van der Waals surface area contributed by atoms with Gasteiger partial charge in [-0.25, -0.2) is 8.42 Å². The molecule has 4 rings (SSSR count). The van der Waals surface area contributed by atoms with Gasteiger partial charge in [0.25, 0.3) is 0 Å². The van der Waals surface area contributed by atoms with Crippen molar-refractivity contribution < 1.29 is 26.4 Å². The van der Waals surface area contributed by atoms with E-state index >= 15 is 0 Å². The molecular formula is C26H23BrCl2F3N3O3S. The Morgan fingerprint density at radius 2 is 1.59 bits per heavy atom. The average molecular weight is 665 g/mol. The van der Waals surface area contributed by atoms with Crippen LogP contribution >= 0.6 is 39.1 Å². The molecular weight excluding hydrogens is 642 g/mol. The van der Waals surface area contributed by atoms with Gasteiger partial charge in [0.15, 0.2) is 0 Å². The Hall–Kier alpha value is -2.31. The zero-order chi connectivity index (χ0) is 28.4. The van der Waals surface area contributed by atoms with E-state index in [1.165, 1.54) is 23.1 Å². The minimum absolute atomic E-state index is 0.0212. The van der Waals surface area contributed by atoms with Gasteiger partial charge < -0.3 is 9.80 Å². The number of sulfonamides is 1. The molecule has 1 aliphatic rings. The summed E-state index contributed by atoms with van der Waals surface area (Å²) in [4.78, 5) is 16.6. The van der Waals surface area contributed by atoms with Gasteiger partial charge in [0.1, 0.15) is 0 Å². The highest BCUT2D eigenvalue weighted by Crippen LogP contribution is 2.32. The van der Waals surface area contributed by atoms with E-state index in [0.717, 1.165) is 16.4 Å². The molecule has 0 spiro atoms.